The van der Waals surface area contributed by atoms with E-state index in [-0.39, 0.29) is 17.9 Å². The van der Waals surface area contributed by atoms with Gasteiger partial charge in [0, 0.05) is 29.5 Å². The van der Waals surface area contributed by atoms with Crippen LogP contribution in [0.4, 0.5) is 5.82 Å². The second-order valence-electron chi connectivity index (χ2n) is 8.07. The van der Waals surface area contributed by atoms with Crippen molar-refractivity contribution in [1.82, 2.24) is 20.1 Å². The number of benzene rings is 2. The second kappa shape index (κ2) is 7.82. The molecule has 7 heteroatoms. The van der Waals surface area contributed by atoms with Crippen LogP contribution in [0.2, 0.25) is 0 Å². The molecule has 0 saturated heterocycles. The van der Waals surface area contributed by atoms with Crippen molar-refractivity contribution in [3.05, 3.63) is 66.2 Å². The van der Waals surface area contributed by atoms with Crippen molar-refractivity contribution >= 4 is 22.6 Å². The third kappa shape index (κ3) is 3.26. The van der Waals surface area contributed by atoms with Gasteiger partial charge in [-0.3, -0.25) is 4.79 Å². The highest BCUT2D eigenvalue weighted by atomic mass is 16.1. The Bertz CT molecular complexity index is 1360. The summed E-state index contributed by atoms with van der Waals surface area (Å²) in [6.07, 6.45) is 1.32. The van der Waals surface area contributed by atoms with Crippen LogP contribution in [0.1, 0.15) is 24.4 Å². The summed E-state index contributed by atoms with van der Waals surface area (Å²) in [5.41, 5.74) is 10.7. The minimum atomic E-state index is -0.0381. The van der Waals surface area contributed by atoms with E-state index >= 15 is 0 Å². The first kappa shape index (κ1) is 19.8. The van der Waals surface area contributed by atoms with E-state index in [1.165, 1.54) is 0 Å². The molecule has 2 aromatic carbocycles. The van der Waals surface area contributed by atoms with Crippen LogP contribution < -0.4 is 11.1 Å². The molecule has 2 aromatic heterocycles. The number of nitrogens with zero attached hydrogens (tertiary/aromatic N) is 4. The first-order valence-corrected chi connectivity index (χ1v) is 10.6. The van der Waals surface area contributed by atoms with Crippen LogP contribution in [0.15, 0.2) is 60.7 Å². The fraction of sp³-hybridized carbons (Fsp3) is 0.200. The molecule has 0 bridgehead atoms. The minimum Gasteiger partial charge on any atom is -0.383 e. The van der Waals surface area contributed by atoms with Crippen LogP contribution in [0.5, 0.6) is 0 Å². The number of nitrogens with two attached hydrogens (primary N) is 1. The number of nitrogens with one attached hydrogen (secondary N) is 1. The van der Waals surface area contributed by atoms with E-state index in [1.54, 1.807) is 11.7 Å². The number of hydrogen-bond acceptors (Lipinski definition) is 5. The molecule has 1 saturated carbocycles. The van der Waals surface area contributed by atoms with Gasteiger partial charge in [0.25, 0.3) is 0 Å². The van der Waals surface area contributed by atoms with Gasteiger partial charge in [-0.1, -0.05) is 48.5 Å². The molecule has 3 N–H and O–H groups in total. The molecule has 1 aliphatic carbocycles. The van der Waals surface area contributed by atoms with Gasteiger partial charge in [0.05, 0.1) is 17.3 Å². The normalized spacial score (nSPS) is 17.5. The molecule has 0 aliphatic heterocycles. The predicted octanol–water partition coefficient (Wildman–Crippen LogP) is 3.92. The predicted molar refractivity (Wildman–Crippen MR) is 123 cm³/mol. The highest BCUT2D eigenvalue weighted by Crippen LogP contribution is 2.41. The van der Waals surface area contributed by atoms with Gasteiger partial charge in [0.1, 0.15) is 23.1 Å². The molecule has 2 heterocycles. The Balaban J connectivity index is 1.52. The van der Waals surface area contributed by atoms with Crippen LogP contribution in [0.3, 0.4) is 0 Å². The van der Waals surface area contributed by atoms with Crippen molar-refractivity contribution in [3.63, 3.8) is 0 Å². The third-order valence-corrected chi connectivity index (χ3v) is 6.17. The molecule has 0 radical (unpaired) electrons. The molecular weight excluding hydrogens is 400 g/mol. The van der Waals surface area contributed by atoms with E-state index in [2.05, 4.69) is 16.5 Å². The SMILES string of the molecule is CNC(=O)C1CC(n2nc(-c3ccc4ccc(-c5ccccc5)nc4c3)c(C#N)c2N)C1. The molecule has 4 aromatic rings. The molecule has 7 nitrogen and oxygen atoms in total. The van der Waals surface area contributed by atoms with Gasteiger partial charge in [-0.05, 0) is 25.0 Å². The summed E-state index contributed by atoms with van der Waals surface area (Å²) >= 11 is 0. The van der Waals surface area contributed by atoms with Gasteiger partial charge in [0.15, 0.2) is 0 Å². The number of aromatic nitrogens is 3. The zero-order valence-electron chi connectivity index (χ0n) is 17.6. The summed E-state index contributed by atoms with van der Waals surface area (Å²) in [5, 5.41) is 18.1. The first-order chi connectivity index (χ1) is 15.6. The van der Waals surface area contributed by atoms with Gasteiger partial charge in [0.2, 0.25) is 5.91 Å². The lowest BCUT2D eigenvalue weighted by molar-refractivity contribution is -0.128. The van der Waals surface area contributed by atoms with Crippen molar-refractivity contribution in [2.75, 3.05) is 12.8 Å². The Morgan fingerprint density at radius 2 is 1.88 bits per heavy atom. The van der Waals surface area contributed by atoms with Crippen molar-refractivity contribution in [2.24, 2.45) is 5.92 Å². The molecule has 32 heavy (non-hydrogen) atoms. The maximum absolute atomic E-state index is 11.8. The number of fused-ring (bicyclic) bond motifs is 1. The van der Waals surface area contributed by atoms with Crippen LogP contribution >= 0.6 is 0 Å². The van der Waals surface area contributed by atoms with Crippen molar-refractivity contribution in [2.45, 2.75) is 18.9 Å². The van der Waals surface area contributed by atoms with E-state index in [9.17, 15) is 10.1 Å². The van der Waals surface area contributed by atoms with Crippen LogP contribution in [0, 0.1) is 17.2 Å². The summed E-state index contributed by atoms with van der Waals surface area (Å²) in [6.45, 7) is 0. The fourth-order valence-corrected chi connectivity index (χ4v) is 4.28. The molecule has 1 amide bonds. The number of rotatable bonds is 4. The molecule has 1 aliphatic rings. The summed E-state index contributed by atoms with van der Waals surface area (Å²) < 4.78 is 1.70. The lowest BCUT2D eigenvalue weighted by Gasteiger charge is -2.34. The van der Waals surface area contributed by atoms with E-state index in [0.717, 1.165) is 27.7 Å². The Morgan fingerprint density at radius 1 is 1.12 bits per heavy atom. The number of pyridine rings is 1. The largest absolute Gasteiger partial charge is 0.383 e. The second-order valence-corrected chi connectivity index (χ2v) is 8.07. The maximum Gasteiger partial charge on any atom is 0.223 e. The van der Waals surface area contributed by atoms with Crippen LogP contribution in [-0.2, 0) is 4.79 Å². The smallest absolute Gasteiger partial charge is 0.223 e. The van der Waals surface area contributed by atoms with Crippen molar-refractivity contribution in [3.8, 4) is 28.6 Å². The number of hydrogen-bond donors (Lipinski definition) is 2. The van der Waals surface area contributed by atoms with Gasteiger partial charge in [-0.25, -0.2) is 9.67 Å². The van der Waals surface area contributed by atoms with E-state index < -0.39 is 0 Å². The molecule has 158 valence electrons. The average Bonchev–Trinajstić information content (AvgIpc) is 3.13. The average molecular weight is 422 g/mol. The summed E-state index contributed by atoms with van der Waals surface area (Å²) in [4.78, 5) is 16.7. The monoisotopic (exact) mass is 422 g/mol. The molecule has 1 fully saturated rings. The van der Waals surface area contributed by atoms with Gasteiger partial charge in [-0.2, -0.15) is 10.4 Å². The van der Waals surface area contributed by atoms with Crippen LogP contribution in [0.25, 0.3) is 33.4 Å². The van der Waals surface area contributed by atoms with Crippen molar-refractivity contribution < 1.29 is 4.79 Å². The number of anilines is 1. The Labute approximate surface area is 185 Å². The minimum absolute atomic E-state index is 0.0152. The Morgan fingerprint density at radius 3 is 2.59 bits per heavy atom. The van der Waals surface area contributed by atoms with E-state index in [0.29, 0.717) is 29.9 Å². The lowest BCUT2D eigenvalue weighted by Crippen LogP contribution is -2.38. The topological polar surface area (TPSA) is 110 Å². The van der Waals surface area contributed by atoms with Gasteiger partial charge >= 0.3 is 0 Å². The molecular formula is C25H22N6O. The number of carbonyl (C=O) groups excluding carboxylic acids is 1. The van der Waals surface area contributed by atoms with Crippen molar-refractivity contribution in [1.29, 1.82) is 5.26 Å². The molecule has 5 rings (SSSR count). The summed E-state index contributed by atoms with van der Waals surface area (Å²) in [6, 6.07) is 22.1. The van der Waals surface area contributed by atoms with E-state index in [4.69, 9.17) is 10.7 Å². The van der Waals surface area contributed by atoms with Gasteiger partial charge in [-0.15, -0.1) is 0 Å². The molecule has 0 spiro atoms. The fourth-order valence-electron chi connectivity index (χ4n) is 4.28. The maximum atomic E-state index is 11.8. The number of nitriles is 1. The highest BCUT2D eigenvalue weighted by Gasteiger charge is 2.37. The highest BCUT2D eigenvalue weighted by molar-refractivity contribution is 5.87. The van der Waals surface area contributed by atoms with Crippen LogP contribution in [-0.4, -0.2) is 27.7 Å². The Hall–Kier alpha value is -4.18. The zero-order chi connectivity index (χ0) is 22.2. The summed E-state index contributed by atoms with van der Waals surface area (Å²) in [7, 11) is 1.64. The van der Waals surface area contributed by atoms with E-state index in [1.807, 2.05) is 60.7 Å². The zero-order valence-corrected chi connectivity index (χ0v) is 17.6. The Kier molecular flexibility index (Phi) is 4.83. The van der Waals surface area contributed by atoms with Gasteiger partial charge < -0.3 is 11.1 Å². The number of amides is 1. The summed E-state index contributed by atoms with van der Waals surface area (Å²) in [5.74, 6) is 0.334. The lowest BCUT2D eigenvalue weighted by atomic mass is 9.79. The molecule has 0 atom stereocenters. The standard InChI is InChI=1S/C25H22N6O/c1-28-25(32)18-11-19(12-18)31-24(27)20(14-26)23(30-31)17-8-7-16-9-10-21(29-22(16)13-17)15-5-3-2-4-6-15/h2-10,13,18-19H,11-12,27H2,1H3,(H,28,32). The molecule has 0 unspecified atom stereocenters. The quantitative estimate of drug-likeness (QED) is 0.518. The number of carbonyl (C=O) groups is 1. The first-order valence-electron chi connectivity index (χ1n) is 10.6. The third-order valence-electron chi connectivity index (χ3n) is 6.17. The number of nitrogen functional groups attached to an aromatic ring is 1.